The quantitative estimate of drug-likeness (QED) is 0.597. The van der Waals surface area contributed by atoms with E-state index in [1.165, 1.54) is 0 Å². The zero-order valence-corrected chi connectivity index (χ0v) is 19.1. The number of hydrogen-bond donors (Lipinski definition) is 2. The van der Waals surface area contributed by atoms with Gasteiger partial charge < -0.3 is 14.8 Å². The standard InChI is InChI=1S/C22H37N5O4/c1-14(9-10-30-21(29)22(2,3)4)31-20(28)18-12-17-11-15(5-7-16(17)13-23-18)6-8-19-24-26-27-25-19/h14-18,23H,5-13H2,1-4H3,(H,24,25,26,27)/t14-,15-,16+,17-,18+/m1/s1/i18D. The molecule has 1 saturated heterocycles. The Morgan fingerprint density at radius 1 is 1.26 bits per heavy atom. The van der Waals surface area contributed by atoms with Gasteiger partial charge in [-0.2, -0.15) is 5.21 Å². The Bertz CT molecular complexity index is 769. The number of H-pyrrole nitrogens is 1. The predicted octanol–water partition coefficient (Wildman–Crippen LogP) is 2.44. The lowest BCUT2D eigenvalue weighted by atomic mass is 9.69. The predicted molar refractivity (Wildman–Crippen MR) is 114 cm³/mol. The monoisotopic (exact) mass is 436 g/mol. The molecule has 2 fully saturated rings. The lowest BCUT2D eigenvalue weighted by Gasteiger charge is -2.42. The van der Waals surface area contributed by atoms with E-state index in [-0.39, 0.29) is 12.6 Å². The molecule has 1 aromatic heterocycles. The minimum Gasteiger partial charge on any atom is -0.465 e. The van der Waals surface area contributed by atoms with E-state index in [0.29, 0.717) is 37.1 Å². The summed E-state index contributed by atoms with van der Waals surface area (Å²) >= 11 is 0. The maximum atomic E-state index is 12.8. The van der Waals surface area contributed by atoms with Gasteiger partial charge in [-0.05, 0) is 77.7 Å². The Kier molecular flexibility index (Phi) is 7.53. The number of fused-ring (bicyclic) bond motifs is 1. The summed E-state index contributed by atoms with van der Waals surface area (Å²) < 4.78 is 19.6. The minimum absolute atomic E-state index is 0.190. The van der Waals surface area contributed by atoms with Crippen LogP contribution in [-0.2, 0) is 25.5 Å². The van der Waals surface area contributed by atoms with E-state index in [2.05, 4.69) is 25.9 Å². The molecule has 9 nitrogen and oxygen atoms in total. The number of esters is 2. The average molecular weight is 437 g/mol. The number of tetrazole rings is 1. The third-order valence-electron chi connectivity index (χ3n) is 6.38. The number of ether oxygens (including phenoxy) is 2. The molecule has 3 rings (SSSR count). The van der Waals surface area contributed by atoms with Crippen LogP contribution in [-0.4, -0.2) is 57.8 Å². The summed E-state index contributed by atoms with van der Waals surface area (Å²) in [5.41, 5.74) is -0.558. The van der Waals surface area contributed by atoms with Gasteiger partial charge in [0.25, 0.3) is 0 Å². The van der Waals surface area contributed by atoms with E-state index in [1.54, 1.807) is 27.7 Å². The van der Waals surface area contributed by atoms with Gasteiger partial charge in [0.1, 0.15) is 12.1 Å². The molecule has 9 heteroatoms. The van der Waals surface area contributed by atoms with Gasteiger partial charge in [0.2, 0.25) is 0 Å². The first kappa shape index (κ1) is 22.2. The van der Waals surface area contributed by atoms with Crippen LogP contribution in [0.15, 0.2) is 0 Å². The molecular weight excluding hydrogens is 398 g/mol. The van der Waals surface area contributed by atoms with E-state index in [1.807, 2.05) is 0 Å². The molecule has 1 aliphatic heterocycles. The lowest BCUT2D eigenvalue weighted by molar-refractivity contribution is -0.156. The van der Waals surface area contributed by atoms with Crippen LogP contribution in [0.4, 0.5) is 0 Å². The summed E-state index contributed by atoms with van der Waals surface area (Å²) in [5.74, 6) is 1.28. The summed E-state index contributed by atoms with van der Waals surface area (Å²) in [7, 11) is 0. The SMILES string of the molecule is [2H][C@@]1(C(=O)O[C@H](C)CCOC(=O)C(C)(C)C)C[C@H]2C[C@@H](CCc3nn[nH]n3)CC[C@H]2CN1. The molecular formula is C22H37N5O4. The van der Waals surface area contributed by atoms with Crippen molar-refractivity contribution in [3.8, 4) is 0 Å². The lowest BCUT2D eigenvalue weighted by Crippen LogP contribution is -2.50. The smallest absolute Gasteiger partial charge is 0.323 e. The normalized spacial score (nSPS) is 30.1. The van der Waals surface area contributed by atoms with Crippen LogP contribution in [0.1, 0.15) is 73.4 Å². The Morgan fingerprint density at radius 3 is 2.77 bits per heavy atom. The van der Waals surface area contributed by atoms with Gasteiger partial charge in [0.15, 0.2) is 5.82 Å². The molecule has 0 spiro atoms. The van der Waals surface area contributed by atoms with Gasteiger partial charge in [-0.3, -0.25) is 9.59 Å². The Morgan fingerprint density at radius 2 is 2.06 bits per heavy atom. The molecule has 1 aliphatic carbocycles. The second-order valence-electron chi connectivity index (χ2n) is 10.0. The van der Waals surface area contributed by atoms with Crippen molar-refractivity contribution >= 4 is 11.9 Å². The molecule has 0 bridgehead atoms. The van der Waals surface area contributed by atoms with E-state index < -0.39 is 23.5 Å². The van der Waals surface area contributed by atoms with Gasteiger partial charge >= 0.3 is 11.9 Å². The van der Waals surface area contributed by atoms with Gasteiger partial charge in [0.05, 0.1) is 13.4 Å². The molecule has 2 N–H and O–H groups in total. The van der Waals surface area contributed by atoms with Crippen molar-refractivity contribution in [3.05, 3.63) is 5.82 Å². The number of aryl methyl sites for hydroxylation is 1. The third-order valence-corrected chi connectivity index (χ3v) is 6.38. The number of carbonyl (C=O) groups excluding carboxylic acids is 2. The number of nitrogens with one attached hydrogen (secondary N) is 2. The highest BCUT2D eigenvalue weighted by molar-refractivity contribution is 5.76. The average Bonchev–Trinajstić information content (AvgIpc) is 3.24. The summed E-state index contributed by atoms with van der Waals surface area (Å²) in [6, 6.07) is -1.42. The molecule has 0 unspecified atom stereocenters. The number of rotatable bonds is 8. The van der Waals surface area contributed by atoms with Crippen LogP contribution in [0.2, 0.25) is 0 Å². The summed E-state index contributed by atoms with van der Waals surface area (Å²) in [5, 5.41) is 17.3. The number of aromatic nitrogens is 4. The van der Waals surface area contributed by atoms with E-state index >= 15 is 0 Å². The molecule has 0 radical (unpaired) electrons. The molecule has 1 aromatic rings. The van der Waals surface area contributed by atoms with Crippen LogP contribution in [0.5, 0.6) is 0 Å². The highest BCUT2D eigenvalue weighted by Crippen LogP contribution is 2.40. The Balaban J connectivity index is 1.45. The van der Waals surface area contributed by atoms with Crippen LogP contribution in [0.25, 0.3) is 0 Å². The molecule has 2 aliphatic rings. The van der Waals surface area contributed by atoms with Crippen LogP contribution < -0.4 is 5.32 Å². The number of nitrogens with zero attached hydrogens (tertiary/aromatic N) is 3. The third kappa shape index (κ3) is 6.98. The van der Waals surface area contributed by atoms with Gasteiger partial charge in [-0.15, -0.1) is 10.2 Å². The van der Waals surface area contributed by atoms with Crippen molar-refractivity contribution < 1.29 is 20.4 Å². The van der Waals surface area contributed by atoms with Crippen LogP contribution >= 0.6 is 0 Å². The first-order chi connectivity index (χ1) is 15.1. The number of piperidine rings is 1. The van der Waals surface area contributed by atoms with Crippen molar-refractivity contribution in [1.29, 1.82) is 0 Å². The maximum Gasteiger partial charge on any atom is 0.323 e. The zero-order chi connectivity index (χ0) is 23.4. The Hall–Kier alpha value is -2.03. The van der Waals surface area contributed by atoms with E-state index in [4.69, 9.17) is 10.8 Å². The van der Waals surface area contributed by atoms with Crippen molar-refractivity contribution in [2.45, 2.75) is 84.8 Å². The van der Waals surface area contributed by atoms with Crippen molar-refractivity contribution in [2.75, 3.05) is 13.2 Å². The molecule has 0 aromatic carbocycles. The number of hydrogen-bond acceptors (Lipinski definition) is 8. The fourth-order valence-corrected chi connectivity index (χ4v) is 4.42. The molecule has 174 valence electrons. The van der Waals surface area contributed by atoms with E-state index in [9.17, 15) is 9.59 Å². The van der Waals surface area contributed by atoms with Gasteiger partial charge in [-0.25, -0.2) is 0 Å². The molecule has 31 heavy (non-hydrogen) atoms. The molecule has 2 heterocycles. The zero-order valence-electron chi connectivity index (χ0n) is 20.1. The summed E-state index contributed by atoms with van der Waals surface area (Å²) in [6.45, 7) is 8.02. The first-order valence-corrected chi connectivity index (χ1v) is 11.4. The largest absolute Gasteiger partial charge is 0.465 e. The minimum atomic E-state index is -1.42. The van der Waals surface area contributed by atoms with Crippen molar-refractivity contribution in [1.82, 2.24) is 25.9 Å². The van der Waals surface area contributed by atoms with E-state index in [0.717, 1.165) is 37.9 Å². The summed E-state index contributed by atoms with van der Waals surface area (Å²) in [6.07, 6.45) is 5.50. The number of aromatic amines is 1. The molecule has 0 amide bonds. The second-order valence-corrected chi connectivity index (χ2v) is 10.0. The van der Waals surface area contributed by atoms with Gasteiger partial charge in [0, 0.05) is 12.8 Å². The summed E-state index contributed by atoms with van der Waals surface area (Å²) in [4.78, 5) is 24.7. The Labute approximate surface area is 185 Å². The fraction of sp³-hybridized carbons (Fsp3) is 0.864. The van der Waals surface area contributed by atoms with Crippen molar-refractivity contribution in [3.63, 3.8) is 0 Å². The topological polar surface area (TPSA) is 119 Å². The number of carbonyl (C=O) groups is 2. The van der Waals surface area contributed by atoms with Crippen LogP contribution in [0.3, 0.4) is 0 Å². The first-order valence-electron chi connectivity index (χ1n) is 11.9. The molecule has 5 atom stereocenters. The second kappa shape index (κ2) is 10.5. The molecule has 1 saturated carbocycles. The maximum absolute atomic E-state index is 12.8. The van der Waals surface area contributed by atoms with Crippen LogP contribution in [0, 0.1) is 23.2 Å². The fourth-order valence-electron chi connectivity index (χ4n) is 4.42. The highest BCUT2D eigenvalue weighted by Gasteiger charge is 2.38. The van der Waals surface area contributed by atoms with Gasteiger partial charge in [-0.1, -0.05) is 11.6 Å². The highest BCUT2D eigenvalue weighted by atomic mass is 16.6. The van der Waals surface area contributed by atoms with Crippen molar-refractivity contribution in [2.24, 2.45) is 23.2 Å².